The number of hydrogen-bond acceptors (Lipinski definition) is 5. The number of hydrogen-bond donors (Lipinski definition) is 2. The van der Waals surface area contributed by atoms with E-state index in [1.807, 2.05) is 0 Å². The number of carbonyl (C=O) groups excluding carboxylic acids is 2. The highest BCUT2D eigenvalue weighted by Crippen LogP contribution is 2.56. The van der Waals surface area contributed by atoms with Gasteiger partial charge in [-0.25, -0.2) is 28.1 Å². The van der Waals surface area contributed by atoms with Crippen LogP contribution in [-0.2, 0) is 11.3 Å². The first kappa shape index (κ1) is 23.3. The van der Waals surface area contributed by atoms with Gasteiger partial charge in [0.1, 0.15) is 6.54 Å². The highest BCUT2D eigenvalue weighted by Gasteiger charge is 2.42. The molecule has 2 N–H and O–H groups in total. The molecule has 0 radical (unpaired) electrons. The summed E-state index contributed by atoms with van der Waals surface area (Å²) in [6.45, 7) is -1.49. The maximum atomic E-state index is 13.4. The molecule has 4 aromatic rings. The lowest BCUT2D eigenvalue weighted by Gasteiger charge is -2.22. The normalized spacial score (nSPS) is 22.1. The monoisotopic (exact) mass is 519 g/mol. The second kappa shape index (κ2) is 8.21. The second-order valence-corrected chi connectivity index (χ2v) is 9.14. The van der Waals surface area contributed by atoms with Crippen LogP contribution in [0.1, 0.15) is 53.2 Å². The fourth-order valence-corrected chi connectivity index (χ4v) is 4.98. The summed E-state index contributed by atoms with van der Waals surface area (Å²) < 4.78 is 68.4. The van der Waals surface area contributed by atoms with Crippen LogP contribution in [0.25, 0.3) is 16.7 Å². The van der Waals surface area contributed by atoms with Gasteiger partial charge in [0.25, 0.3) is 6.43 Å². The van der Waals surface area contributed by atoms with E-state index in [4.69, 9.17) is 0 Å². The van der Waals surface area contributed by atoms with E-state index in [2.05, 4.69) is 25.7 Å². The number of aromatic nitrogens is 5. The Labute approximate surface area is 204 Å². The van der Waals surface area contributed by atoms with Gasteiger partial charge in [-0.15, -0.1) is 0 Å². The van der Waals surface area contributed by atoms with Crippen LogP contribution in [0.15, 0.2) is 36.7 Å². The van der Waals surface area contributed by atoms with E-state index < -0.39 is 42.8 Å². The topological polar surface area (TPSA) is 106 Å². The lowest BCUT2D eigenvalue weighted by atomic mass is 9.99. The van der Waals surface area contributed by atoms with Crippen molar-refractivity contribution in [1.82, 2.24) is 34.8 Å². The minimum absolute atomic E-state index is 0.00762. The van der Waals surface area contributed by atoms with E-state index in [0.29, 0.717) is 27.9 Å². The molecule has 0 spiro atoms. The zero-order chi connectivity index (χ0) is 26.1. The van der Waals surface area contributed by atoms with Gasteiger partial charge >= 0.3 is 12.2 Å². The first-order valence-corrected chi connectivity index (χ1v) is 11.4. The van der Waals surface area contributed by atoms with E-state index >= 15 is 0 Å². The van der Waals surface area contributed by atoms with Crippen LogP contribution in [0.2, 0.25) is 0 Å². The Hall–Kier alpha value is -4.10. The number of carbonyl (C=O) groups is 2. The summed E-state index contributed by atoms with van der Waals surface area (Å²) in [5, 5.41) is 9.26. The Kier molecular flexibility index (Phi) is 5.17. The number of alkyl halides is 5. The average Bonchev–Trinajstić information content (AvgIpc) is 3.33. The van der Waals surface area contributed by atoms with Crippen LogP contribution >= 0.6 is 0 Å². The predicted molar refractivity (Wildman–Crippen MR) is 118 cm³/mol. The lowest BCUT2D eigenvalue weighted by molar-refractivity contribution is -0.141. The fourth-order valence-electron chi connectivity index (χ4n) is 4.98. The van der Waals surface area contributed by atoms with Crippen molar-refractivity contribution in [2.75, 3.05) is 6.54 Å². The molecule has 1 saturated heterocycles. The SMILES string of the molecule is O=C1NCC(c2cc([C@H]3C[C@@H]3c3ccc4nc(C(F)F)n(CC(F)(F)F)c4c3)c3nccn3n2)C(=O)N1. The smallest absolute Gasteiger partial charge is 0.337 e. The van der Waals surface area contributed by atoms with Crippen LogP contribution in [-0.4, -0.2) is 48.8 Å². The Bertz CT molecular complexity index is 1560. The van der Waals surface area contributed by atoms with Crippen LogP contribution < -0.4 is 10.6 Å². The van der Waals surface area contributed by atoms with Crippen LogP contribution in [0.3, 0.4) is 0 Å². The van der Waals surface area contributed by atoms with Crippen molar-refractivity contribution in [2.24, 2.45) is 0 Å². The molecule has 14 heteroatoms. The van der Waals surface area contributed by atoms with E-state index in [-0.39, 0.29) is 29.4 Å². The number of fused-ring (bicyclic) bond motifs is 2. The molecule has 6 rings (SSSR count). The molecule has 1 aliphatic carbocycles. The van der Waals surface area contributed by atoms with E-state index in [1.54, 1.807) is 29.0 Å². The van der Waals surface area contributed by atoms with E-state index in [1.165, 1.54) is 12.1 Å². The summed E-state index contributed by atoms with van der Waals surface area (Å²) in [7, 11) is 0. The third kappa shape index (κ3) is 4.15. The lowest BCUT2D eigenvalue weighted by Crippen LogP contribution is -2.51. The fraction of sp³-hybridized carbons (Fsp3) is 0.348. The summed E-state index contributed by atoms with van der Waals surface area (Å²) in [5.74, 6) is -2.30. The highest BCUT2D eigenvalue weighted by atomic mass is 19.4. The molecular weight excluding hydrogens is 501 g/mol. The van der Waals surface area contributed by atoms with Gasteiger partial charge in [0.2, 0.25) is 5.91 Å². The Morgan fingerprint density at radius 2 is 1.95 bits per heavy atom. The molecule has 2 aliphatic rings. The van der Waals surface area contributed by atoms with Gasteiger partial charge in [0.15, 0.2) is 11.5 Å². The summed E-state index contributed by atoms with van der Waals surface area (Å²) >= 11 is 0. The Morgan fingerprint density at radius 1 is 1.14 bits per heavy atom. The molecule has 3 aromatic heterocycles. The number of nitrogens with zero attached hydrogens (tertiary/aromatic N) is 5. The molecule has 192 valence electrons. The van der Waals surface area contributed by atoms with Gasteiger partial charge < -0.3 is 9.88 Å². The van der Waals surface area contributed by atoms with Crippen molar-refractivity contribution in [3.05, 3.63) is 59.3 Å². The largest absolute Gasteiger partial charge is 0.406 e. The molecular formula is C23H18F5N7O2. The number of imide groups is 1. The number of nitrogens with one attached hydrogen (secondary N) is 2. The number of amides is 3. The predicted octanol–water partition coefficient (Wildman–Crippen LogP) is 3.77. The molecule has 1 unspecified atom stereocenters. The molecule has 1 aromatic carbocycles. The van der Waals surface area contributed by atoms with E-state index in [0.717, 1.165) is 5.56 Å². The molecule has 37 heavy (non-hydrogen) atoms. The number of benzene rings is 1. The summed E-state index contributed by atoms with van der Waals surface area (Å²) in [6, 6.07) is 5.80. The number of rotatable bonds is 5. The van der Waals surface area contributed by atoms with Gasteiger partial charge in [-0.1, -0.05) is 6.07 Å². The third-order valence-electron chi connectivity index (χ3n) is 6.74. The van der Waals surface area contributed by atoms with Crippen LogP contribution in [0.5, 0.6) is 0 Å². The van der Waals surface area contributed by atoms with Crippen LogP contribution in [0.4, 0.5) is 26.7 Å². The van der Waals surface area contributed by atoms with Gasteiger partial charge in [-0.05, 0) is 42.0 Å². The standard InChI is InChI=1S/C23H18F5N7O2/c24-18(25)20-31-15-2-1-10(5-17(15)34(20)9-23(26,27)28)11-6-12(11)13-7-16(33-35-4-3-29-19(13)35)14-8-30-22(37)32-21(14)36/h1-5,7,11-12,14,18H,6,8-9H2,(H2,30,32,36,37)/t11-,12+,14?/m1/s1. The van der Waals surface area contributed by atoms with Gasteiger partial charge in [0.05, 0.1) is 22.6 Å². The average molecular weight is 519 g/mol. The number of urea groups is 1. The van der Waals surface area contributed by atoms with Crippen molar-refractivity contribution in [3.63, 3.8) is 0 Å². The minimum Gasteiger partial charge on any atom is -0.337 e. The zero-order valence-electron chi connectivity index (χ0n) is 18.8. The van der Waals surface area contributed by atoms with Crippen molar-refractivity contribution in [3.8, 4) is 0 Å². The Morgan fingerprint density at radius 3 is 2.68 bits per heavy atom. The molecule has 3 amide bonds. The number of imidazole rings is 2. The van der Waals surface area contributed by atoms with Gasteiger partial charge in [0, 0.05) is 24.5 Å². The van der Waals surface area contributed by atoms with Crippen molar-refractivity contribution in [2.45, 2.75) is 43.3 Å². The second-order valence-electron chi connectivity index (χ2n) is 9.14. The quantitative estimate of drug-likeness (QED) is 0.391. The molecule has 2 fully saturated rings. The first-order chi connectivity index (χ1) is 17.6. The third-order valence-corrected chi connectivity index (χ3v) is 6.74. The first-order valence-electron chi connectivity index (χ1n) is 11.4. The molecule has 3 atom stereocenters. The van der Waals surface area contributed by atoms with Crippen molar-refractivity contribution in [1.29, 1.82) is 0 Å². The van der Waals surface area contributed by atoms with E-state index in [9.17, 15) is 31.5 Å². The summed E-state index contributed by atoms with van der Waals surface area (Å²) in [6.07, 6.45) is -4.02. The maximum absolute atomic E-state index is 13.4. The highest BCUT2D eigenvalue weighted by molar-refractivity contribution is 6.00. The molecule has 0 bridgehead atoms. The molecule has 4 heterocycles. The maximum Gasteiger partial charge on any atom is 0.406 e. The van der Waals surface area contributed by atoms with Gasteiger partial charge in [-0.2, -0.15) is 18.3 Å². The molecule has 1 aliphatic heterocycles. The zero-order valence-corrected chi connectivity index (χ0v) is 18.8. The summed E-state index contributed by atoms with van der Waals surface area (Å²) in [5.41, 5.74) is 2.54. The molecule has 9 nitrogen and oxygen atoms in total. The summed E-state index contributed by atoms with van der Waals surface area (Å²) in [4.78, 5) is 31.9. The van der Waals surface area contributed by atoms with Gasteiger partial charge in [-0.3, -0.25) is 10.1 Å². The molecule has 1 saturated carbocycles. The van der Waals surface area contributed by atoms with Crippen molar-refractivity contribution < 1.29 is 31.5 Å². The Balaban J connectivity index is 1.36. The minimum atomic E-state index is -4.69. The van der Waals surface area contributed by atoms with Crippen LogP contribution in [0, 0.1) is 0 Å². The number of halogens is 5. The van der Waals surface area contributed by atoms with Crippen molar-refractivity contribution >= 4 is 28.6 Å².